The van der Waals surface area contributed by atoms with Crippen LogP contribution in [0.5, 0.6) is 0 Å². The summed E-state index contributed by atoms with van der Waals surface area (Å²) >= 11 is 1.56. The van der Waals surface area contributed by atoms with E-state index >= 15 is 0 Å². The minimum absolute atomic E-state index is 0.411. The smallest absolute Gasteiger partial charge is 0.189 e. The highest BCUT2D eigenvalue weighted by molar-refractivity contribution is 7.22. The van der Waals surface area contributed by atoms with Gasteiger partial charge in [-0.3, -0.25) is 0 Å². The zero-order valence-electron chi connectivity index (χ0n) is 14.3. The van der Waals surface area contributed by atoms with Crippen molar-refractivity contribution in [2.45, 2.75) is 13.8 Å². The first-order valence-corrected chi connectivity index (χ1v) is 8.86. The molecule has 0 aliphatic heterocycles. The molecular formula is C18H17N7S. The van der Waals surface area contributed by atoms with Gasteiger partial charge >= 0.3 is 0 Å². The molecule has 4 N–H and O–H groups in total. The van der Waals surface area contributed by atoms with E-state index in [9.17, 15) is 0 Å². The molecule has 7 nitrogen and oxygen atoms in total. The predicted octanol–water partition coefficient (Wildman–Crippen LogP) is 4.17. The van der Waals surface area contributed by atoms with Gasteiger partial charge in [0.15, 0.2) is 16.8 Å². The summed E-state index contributed by atoms with van der Waals surface area (Å²) in [5, 5.41) is 7.09. The number of aromatic nitrogens is 4. The van der Waals surface area contributed by atoms with Crippen LogP contribution in [-0.4, -0.2) is 19.9 Å². The highest BCUT2D eigenvalue weighted by atomic mass is 32.1. The number of hydrogen-bond donors (Lipinski definition) is 3. The molecule has 0 unspecified atom stereocenters. The van der Waals surface area contributed by atoms with E-state index in [1.165, 1.54) is 6.33 Å². The molecule has 3 aromatic heterocycles. The van der Waals surface area contributed by atoms with Crippen molar-refractivity contribution >= 4 is 49.8 Å². The molecule has 26 heavy (non-hydrogen) atoms. The van der Waals surface area contributed by atoms with Crippen LogP contribution in [-0.2, 0) is 0 Å². The fraction of sp³-hybridized carbons (Fsp3) is 0.111. The quantitative estimate of drug-likeness (QED) is 0.500. The molecule has 0 bridgehead atoms. The van der Waals surface area contributed by atoms with E-state index < -0.39 is 0 Å². The second-order valence-corrected chi connectivity index (χ2v) is 6.87. The fourth-order valence-corrected chi connectivity index (χ4v) is 3.51. The second-order valence-electron chi connectivity index (χ2n) is 5.84. The Balaban J connectivity index is 1.65. The van der Waals surface area contributed by atoms with Gasteiger partial charge in [-0.25, -0.2) is 19.9 Å². The summed E-state index contributed by atoms with van der Waals surface area (Å²) in [5.74, 6) is 1.72. The predicted molar refractivity (Wildman–Crippen MR) is 106 cm³/mol. The standard InChI is InChI=1S/C18H17N7S/c1-10-5-3-7-12-14(10)23-18(26-12)25-17-13(19)16(21-9-22-17)24-15-11(2)6-4-8-20-15/h3-9H,19H2,1-2H3,(H2,20,21,22,23,24,25). The van der Waals surface area contributed by atoms with Crippen molar-refractivity contribution in [1.29, 1.82) is 0 Å². The minimum Gasteiger partial charge on any atom is -0.393 e. The van der Waals surface area contributed by atoms with Crippen molar-refractivity contribution in [2.24, 2.45) is 0 Å². The lowest BCUT2D eigenvalue weighted by molar-refractivity contribution is 1.15. The number of benzene rings is 1. The number of pyridine rings is 1. The van der Waals surface area contributed by atoms with Gasteiger partial charge in [-0.1, -0.05) is 29.5 Å². The van der Waals surface area contributed by atoms with Crippen LogP contribution in [0.1, 0.15) is 11.1 Å². The minimum atomic E-state index is 0.411. The van der Waals surface area contributed by atoms with E-state index in [0.717, 1.165) is 26.5 Å². The average Bonchev–Trinajstić information content (AvgIpc) is 3.04. The average molecular weight is 363 g/mol. The lowest BCUT2D eigenvalue weighted by atomic mass is 10.2. The van der Waals surface area contributed by atoms with Gasteiger partial charge in [-0.05, 0) is 37.1 Å². The van der Waals surface area contributed by atoms with E-state index in [0.29, 0.717) is 23.1 Å². The number of anilines is 5. The van der Waals surface area contributed by atoms with Crippen LogP contribution in [0, 0.1) is 13.8 Å². The Bertz CT molecular complexity index is 1090. The molecule has 3 heterocycles. The lowest BCUT2D eigenvalue weighted by Crippen LogP contribution is -2.06. The fourth-order valence-electron chi connectivity index (χ4n) is 2.56. The van der Waals surface area contributed by atoms with Crippen molar-refractivity contribution in [3.05, 3.63) is 54.0 Å². The second kappa shape index (κ2) is 6.57. The number of para-hydroxylation sites is 1. The molecule has 0 atom stereocenters. The highest BCUT2D eigenvalue weighted by Gasteiger charge is 2.12. The van der Waals surface area contributed by atoms with E-state index in [2.05, 4.69) is 30.6 Å². The third-order valence-corrected chi connectivity index (χ3v) is 4.91. The molecule has 0 amide bonds. The Hall–Kier alpha value is -3.26. The number of rotatable bonds is 4. The normalized spacial score (nSPS) is 10.8. The van der Waals surface area contributed by atoms with Crippen molar-refractivity contribution in [2.75, 3.05) is 16.4 Å². The Morgan fingerprint density at radius 2 is 1.65 bits per heavy atom. The number of nitrogens with two attached hydrogens (primary N) is 1. The molecule has 1 aromatic carbocycles. The monoisotopic (exact) mass is 363 g/mol. The van der Waals surface area contributed by atoms with E-state index in [4.69, 9.17) is 5.73 Å². The number of hydrogen-bond acceptors (Lipinski definition) is 8. The summed E-state index contributed by atoms with van der Waals surface area (Å²) in [6.45, 7) is 4.01. The lowest BCUT2D eigenvalue weighted by Gasteiger charge is -2.12. The van der Waals surface area contributed by atoms with Gasteiger partial charge in [0.2, 0.25) is 0 Å². The molecule has 0 spiro atoms. The van der Waals surface area contributed by atoms with Gasteiger partial charge in [-0.15, -0.1) is 0 Å². The molecule has 0 radical (unpaired) electrons. The van der Waals surface area contributed by atoms with Gasteiger partial charge in [0, 0.05) is 6.20 Å². The summed E-state index contributed by atoms with van der Waals surface area (Å²) in [5.41, 5.74) is 9.78. The summed E-state index contributed by atoms with van der Waals surface area (Å²) in [6.07, 6.45) is 3.17. The number of nitrogen functional groups attached to an aromatic ring is 1. The van der Waals surface area contributed by atoms with Gasteiger partial charge in [0.25, 0.3) is 0 Å². The third-order valence-electron chi connectivity index (χ3n) is 3.98. The summed E-state index contributed by atoms with van der Waals surface area (Å²) in [7, 11) is 0. The summed E-state index contributed by atoms with van der Waals surface area (Å²) in [6, 6.07) is 9.96. The summed E-state index contributed by atoms with van der Waals surface area (Å²) in [4.78, 5) is 17.4. The maximum atomic E-state index is 6.25. The molecule has 4 aromatic rings. The van der Waals surface area contributed by atoms with Gasteiger partial charge < -0.3 is 16.4 Å². The number of nitrogens with one attached hydrogen (secondary N) is 2. The van der Waals surface area contributed by atoms with Crippen LogP contribution in [0.25, 0.3) is 10.2 Å². The summed E-state index contributed by atoms with van der Waals surface area (Å²) < 4.78 is 1.11. The number of nitrogens with zero attached hydrogens (tertiary/aromatic N) is 4. The molecule has 4 rings (SSSR count). The number of fused-ring (bicyclic) bond motifs is 1. The SMILES string of the molecule is Cc1cccnc1Nc1ncnc(Nc2nc3c(C)cccc3s2)c1N. The largest absolute Gasteiger partial charge is 0.393 e. The van der Waals surface area contributed by atoms with Gasteiger partial charge in [0.05, 0.1) is 10.2 Å². The van der Waals surface area contributed by atoms with Gasteiger partial charge in [0.1, 0.15) is 17.8 Å². The van der Waals surface area contributed by atoms with E-state index in [1.807, 2.05) is 44.2 Å². The number of thiazole rings is 1. The Morgan fingerprint density at radius 3 is 2.42 bits per heavy atom. The molecule has 0 aliphatic carbocycles. The van der Waals surface area contributed by atoms with Crippen LogP contribution in [0.2, 0.25) is 0 Å². The van der Waals surface area contributed by atoms with E-state index in [-0.39, 0.29) is 0 Å². The van der Waals surface area contributed by atoms with Crippen molar-refractivity contribution in [3.63, 3.8) is 0 Å². The van der Waals surface area contributed by atoms with Gasteiger partial charge in [-0.2, -0.15) is 0 Å². The van der Waals surface area contributed by atoms with Crippen LogP contribution in [0.3, 0.4) is 0 Å². The number of aryl methyl sites for hydroxylation is 2. The molecule has 0 fully saturated rings. The molecular weight excluding hydrogens is 346 g/mol. The van der Waals surface area contributed by atoms with Crippen molar-refractivity contribution < 1.29 is 0 Å². The maximum Gasteiger partial charge on any atom is 0.189 e. The molecule has 8 heteroatoms. The van der Waals surface area contributed by atoms with Crippen LogP contribution in [0.4, 0.5) is 28.3 Å². The van der Waals surface area contributed by atoms with Crippen LogP contribution < -0.4 is 16.4 Å². The topological polar surface area (TPSA) is 102 Å². The van der Waals surface area contributed by atoms with Crippen LogP contribution >= 0.6 is 11.3 Å². The Morgan fingerprint density at radius 1 is 0.885 bits per heavy atom. The molecule has 0 saturated heterocycles. The molecule has 0 aliphatic rings. The van der Waals surface area contributed by atoms with E-state index in [1.54, 1.807) is 17.5 Å². The first-order chi connectivity index (χ1) is 12.6. The first kappa shape index (κ1) is 16.2. The zero-order chi connectivity index (χ0) is 18.1. The third kappa shape index (κ3) is 3.02. The maximum absolute atomic E-state index is 6.25. The van der Waals surface area contributed by atoms with Crippen LogP contribution in [0.15, 0.2) is 42.9 Å². The van der Waals surface area contributed by atoms with Crippen molar-refractivity contribution in [3.8, 4) is 0 Å². The first-order valence-electron chi connectivity index (χ1n) is 8.04. The highest BCUT2D eigenvalue weighted by Crippen LogP contribution is 2.33. The zero-order valence-corrected chi connectivity index (χ0v) is 15.1. The molecule has 130 valence electrons. The van der Waals surface area contributed by atoms with Crippen molar-refractivity contribution in [1.82, 2.24) is 19.9 Å². The molecule has 0 saturated carbocycles. The Kier molecular flexibility index (Phi) is 4.10. The Labute approximate surface area is 154 Å².